The molecule has 0 radical (unpaired) electrons. The van der Waals surface area contributed by atoms with Crippen LogP contribution in [0.3, 0.4) is 0 Å². The highest BCUT2D eigenvalue weighted by Gasteiger charge is 2.50. The number of fused-ring (bicyclic) bond motifs is 12. The highest BCUT2D eigenvalue weighted by molar-refractivity contribution is 6.08. The zero-order chi connectivity index (χ0) is 37.9. The van der Waals surface area contributed by atoms with Gasteiger partial charge in [-0.25, -0.2) is 0 Å². The van der Waals surface area contributed by atoms with Crippen molar-refractivity contribution in [3.63, 3.8) is 0 Å². The van der Waals surface area contributed by atoms with Crippen LogP contribution in [-0.4, -0.2) is 12.2 Å². The molecule has 0 N–H and O–H groups in total. The van der Waals surface area contributed by atoms with Crippen molar-refractivity contribution < 1.29 is 18.3 Å². The van der Waals surface area contributed by atoms with Crippen molar-refractivity contribution in [2.45, 2.75) is 56.1 Å². The highest BCUT2D eigenvalue weighted by atomic mass is 16.6. The molecule has 0 amide bonds. The first-order valence-corrected chi connectivity index (χ1v) is 20.9. The van der Waals surface area contributed by atoms with Crippen LogP contribution in [0, 0.1) is 5.92 Å². The minimum atomic E-state index is -0.108. The molecule has 0 saturated carbocycles. The molecule has 0 fully saturated rings. The second-order valence-electron chi connectivity index (χ2n) is 16.8. The lowest BCUT2D eigenvalue weighted by atomic mass is 9.74. The van der Waals surface area contributed by atoms with E-state index in [-0.39, 0.29) is 18.1 Å². The molecule has 5 aliphatic rings. The van der Waals surface area contributed by atoms with Gasteiger partial charge < -0.3 is 18.3 Å². The molecule has 8 aromatic rings. The van der Waals surface area contributed by atoms with Crippen LogP contribution in [0.1, 0.15) is 65.5 Å². The Labute approximate surface area is 336 Å². The van der Waals surface area contributed by atoms with Gasteiger partial charge in [0.25, 0.3) is 0 Å². The fourth-order valence-corrected chi connectivity index (χ4v) is 10.9. The van der Waals surface area contributed by atoms with E-state index in [0.29, 0.717) is 11.8 Å². The van der Waals surface area contributed by atoms with Gasteiger partial charge in [-0.15, -0.1) is 0 Å². The normalized spacial score (nSPS) is 22.9. The van der Waals surface area contributed by atoms with Crippen molar-refractivity contribution in [2.24, 2.45) is 5.92 Å². The Kier molecular flexibility index (Phi) is 7.01. The lowest BCUT2D eigenvalue weighted by Crippen LogP contribution is -2.26. The molecule has 4 nitrogen and oxygen atoms in total. The van der Waals surface area contributed by atoms with Crippen molar-refractivity contribution in [3.8, 4) is 28.0 Å². The lowest BCUT2D eigenvalue weighted by Gasteiger charge is -2.28. The van der Waals surface area contributed by atoms with E-state index in [1.54, 1.807) is 0 Å². The topological polar surface area (TPSA) is 44.7 Å². The molecular formula is C54H40O4. The second kappa shape index (κ2) is 12.5. The van der Waals surface area contributed by atoms with Crippen molar-refractivity contribution in [2.75, 3.05) is 0 Å². The number of furan rings is 2. The number of ether oxygens (including phenoxy) is 2. The van der Waals surface area contributed by atoms with E-state index in [2.05, 4.69) is 152 Å². The molecule has 6 aromatic carbocycles. The summed E-state index contributed by atoms with van der Waals surface area (Å²) in [6.07, 6.45) is 12.0. The lowest BCUT2D eigenvalue weighted by molar-refractivity contribution is 0.0928. The van der Waals surface area contributed by atoms with Crippen LogP contribution in [0.2, 0.25) is 0 Å². The van der Waals surface area contributed by atoms with E-state index in [9.17, 15) is 0 Å². The fraction of sp³-hybridized carbons (Fsp3) is 0.185. The van der Waals surface area contributed by atoms with Crippen LogP contribution in [0.4, 0.5) is 0 Å². The Bertz CT molecular complexity index is 3070. The smallest absolute Gasteiger partial charge is 0.162 e. The van der Waals surface area contributed by atoms with Crippen LogP contribution < -0.4 is 4.74 Å². The molecule has 5 unspecified atom stereocenters. The molecule has 4 heterocycles. The van der Waals surface area contributed by atoms with E-state index in [1.165, 1.54) is 49.9 Å². The average Bonchev–Trinajstić information content (AvgIpc) is 4.06. The van der Waals surface area contributed by atoms with Gasteiger partial charge in [0.2, 0.25) is 0 Å². The van der Waals surface area contributed by atoms with Gasteiger partial charge in [0.15, 0.2) is 6.10 Å². The van der Waals surface area contributed by atoms with E-state index in [0.717, 1.165) is 88.0 Å². The Morgan fingerprint density at radius 1 is 0.552 bits per heavy atom. The number of hydrogen-bond acceptors (Lipinski definition) is 4. The van der Waals surface area contributed by atoms with E-state index < -0.39 is 0 Å². The molecule has 0 bridgehead atoms. The maximum Gasteiger partial charge on any atom is 0.162 e. The predicted octanol–water partition coefficient (Wildman–Crippen LogP) is 13.8. The van der Waals surface area contributed by atoms with Crippen LogP contribution >= 0.6 is 0 Å². The zero-order valence-corrected chi connectivity index (χ0v) is 32.0. The second-order valence-corrected chi connectivity index (χ2v) is 16.8. The molecule has 58 heavy (non-hydrogen) atoms. The SMILES string of the molecule is C1=CC(c2ccccc2)Cc2c1oc1ccc(C3=CCCC4C5=C(OC34)C3Oc4c(-c6ccc7oc8ccc(-c9ccccc9)cc8c7c6)cccc4C3CC5)cc21. The minimum Gasteiger partial charge on any atom is -0.485 e. The van der Waals surface area contributed by atoms with Gasteiger partial charge in [-0.3, -0.25) is 0 Å². The summed E-state index contributed by atoms with van der Waals surface area (Å²) in [6.45, 7) is 0. The average molecular weight is 753 g/mol. The van der Waals surface area contributed by atoms with Crippen molar-refractivity contribution in [1.82, 2.24) is 0 Å². The first-order chi connectivity index (χ1) is 28.7. The van der Waals surface area contributed by atoms with E-state index >= 15 is 0 Å². The summed E-state index contributed by atoms with van der Waals surface area (Å²) in [5.74, 6) is 4.06. The summed E-state index contributed by atoms with van der Waals surface area (Å²) in [5.41, 5.74) is 15.4. The summed E-state index contributed by atoms with van der Waals surface area (Å²) >= 11 is 0. The summed E-state index contributed by atoms with van der Waals surface area (Å²) < 4.78 is 27.0. The highest BCUT2D eigenvalue weighted by Crippen LogP contribution is 2.57. The van der Waals surface area contributed by atoms with Gasteiger partial charge in [-0.2, -0.15) is 0 Å². The zero-order valence-electron chi connectivity index (χ0n) is 32.0. The Morgan fingerprint density at radius 2 is 1.29 bits per heavy atom. The maximum atomic E-state index is 7.19. The van der Waals surface area contributed by atoms with Gasteiger partial charge in [0, 0.05) is 50.6 Å². The van der Waals surface area contributed by atoms with Gasteiger partial charge >= 0.3 is 0 Å². The minimum absolute atomic E-state index is 0.000945. The molecule has 0 spiro atoms. The molecular weight excluding hydrogens is 713 g/mol. The predicted molar refractivity (Wildman–Crippen MR) is 232 cm³/mol. The third-order valence-corrected chi connectivity index (χ3v) is 13.7. The first kappa shape index (κ1) is 32.6. The molecule has 2 aliphatic heterocycles. The number of hydrogen-bond donors (Lipinski definition) is 0. The van der Waals surface area contributed by atoms with Crippen LogP contribution in [0.25, 0.3) is 66.8 Å². The molecule has 0 saturated heterocycles. The van der Waals surface area contributed by atoms with E-state index in [4.69, 9.17) is 18.3 Å². The van der Waals surface area contributed by atoms with Crippen molar-refractivity contribution in [3.05, 3.63) is 185 Å². The number of rotatable bonds is 4. The van der Waals surface area contributed by atoms with Gasteiger partial charge in [-0.1, -0.05) is 109 Å². The summed E-state index contributed by atoms with van der Waals surface area (Å²) in [7, 11) is 0. The quantitative estimate of drug-likeness (QED) is 0.180. The molecule has 2 aromatic heterocycles. The van der Waals surface area contributed by atoms with Crippen molar-refractivity contribution >= 4 is 44.6 Å². The van der Waals surface area contributed by atoms with Crippen LogP contribution in [-0.2, 0) is 11.2 Å². The third kappa shape index (κ3) is 4.87. The van der Waals surface area contributed by atoms with Crippen molar-refractivity contribution in [1.29, 1.82) is 0 Å². The molecule has 5 atom stereocenters. The molecule has 4 heteroatoms. The van der Waals surface area contributed by atoms with Crippen LogP contribution in [0.15, 0.2) is 166 Å². The van der Waals surface area contributed by atoms with Crippen LogP contribution in [0.5, 0.6) is 5.75 Å². The monoisotopic (exact) mass is 752 g/mol. The number of para-hydroxylation sites is 1. The first-order valence-electron chi connectivity index (χ1n) is 20.9. The Balaban J connectivity index is 0.811. The largest absolute Gasteiger partial charge is 0.485 e. The Hall–Kier alpha value is -6.52. The Morgan fingerprint density at radius 3 is 2.14 bits per heavy atom. The summed E-state index contributed by atoms with van der Waals surface area (Å²) in [5, 5.41) is 3.46. The maximum absolute atomic E-state index is 7.19. The van der Waals surface area contributed by atoms with Gasteiger partial charge in [0.05, 0.1) is 0 Å². The standard InChI is InChI=1S/C54H40O4/c1-3-9-31(10-4-1)33-17-23-47-43(27-33)45-29-35(19-25-49(45)55-47)37-13-7-15-39-41-21-22-42-40-16-8-14-38(52(40)58-54(42)53(41)57-51(37)39)36-20-26-50-46(30-36)44-28-34(18-24-48(44)56-50)32-11-5-2-6-12-32/h1-7,9-15,17-20,23-27,29-30,34,40-41,52-53H,8,16,21-22,28H2. The number of benzene rings is 6. The van der Waals surface area contributed by atoms with E-state index in [1.807, 2.05) is 0 Å². The molecule has 3 aliphatic carbocycles. The fourth-order valence-electron chi connectivity index (χ4n) is 10.9. The molecule has 280 valence electrons. The van der Waals surface area contributed by atoms with Gasteiger partial charge in [-0.05, 0) is 114 Å². The van der Waals surface area contributed by atoms with Gasteiger partial charge in [0.1, 0.15) is 40.1 Å². The summed E-state index contributed by atoms with van der Waals surface area (Å²) in [4.78, 5) is 0. The number of allylic oxidation sites excluding steroid dienone is 2. The summed E-state index contributed by atoms with van der Waals surface area (Å²) in [6, 6.07) is 47.9. The molecule has 13 rings (SSSR count). The third-order valence-electron chi connectivity index (χ3n) is 13.7.